The number of benzene rings is 2. The quantitative estimate of drug-likeness (QED) is 0.485. The fourth-order valence-electron chi connectivity index (χ4n) is 3.53. The van der Waals surface area contributed by atoms with Gasteiger partial charge in [0, 0.05) is 28.1 Å². The average molecular weight is 418 g/mol. The van der Waals surface area contributed by atoms with E-state index in [1.54, 1.807) is 37.4 Å². The summed E-state index contributed by atoms with van der Waals surface area (Å²) in [5.41, 5.74) is 1.97. The van der Waals surface area contributed by atoms with Gasteiger partial charge >= 0.3 is 0 Å². The summed E-state index contributed by atoms with van der Waals surface area (Å²) >= 11 is 6.08. The van der Waals surface area contributed by atoms with E-state index in [-0.39, 0.29) is 11.1 Å². The Morgan fingerprint density at radius 2 is 1.87 bits per heavy atom. The second-order valence-electron chi connectivity index (χ2n) is 7.05. The summed E-state index contributed by atoms with van der Waals surface area (Å²) in [6.07, 6.45) is 1.65. The van der Waals surface area contributed by atoms with Gasteiger partial charge in [-0.25, -0.2) is 14.2 Å². The Hall–Kier alpha value is -3.71. The number of hydrogen-bond acceptors (Lipinski definition) is 4. The minimum atomic E-state index is -0.510. The van der Waals surface area contributed by atoms with Gasteiger partial charge in [-0.1, -0.05) is 41.9 Å². The lowest BCUT2D eigenvalue weighted by atomic mass is 10.1. The van der Waals surface area contributed by atoms with E-state index >= 15 is 0 Å². The zero-order chi connectivity index (χ0) is 20.8. The summed E-state index contributed by atoms with van der Waals surface area (Å²) in [5.74, 6) is 0. The van der Waals surface area contributed by atoms with Crippen molar-refractivity contribution < 1.29 is 0 Å². The molecule has 5 rings (SSSR count). The van der Waals surface area contributed by atoms with E-state index in [4.69, 9.17) is 11.6 Å². The number of nitrogens with zero attached hydrogens (tertiary/aromatic N) is 4. The third kappa shape index (κ3) is 3.00. The summed E-state index contributed by atoms with van der Waals surface area (Å²) in [7, 11) is 0. The van der Waals surface area contributed by atoms with Gasteiger partial charge in [-0.2, -0.15) is 5.10 Å². The molecule has 2 aromatic carbocycles. The molecule has 8 heteroatoms. The Kier molecular flexibility index (Phi) is 4.25. The Morgan fingerprint density at radius 3 is 2.70 bits per heavy atom. The van der Waals surface area contributed by atoms with Gasteiger partial charge in [0.15, 0.2) is 5.65 Å². The van der Waals surface area contributed by atoms with Crippen LogP contribution in [0.4, 0.5) is 0 Å². The molecular weight excluding hydrogens is 402 g/mol. The van der Waals surface area contributed by atoms with Crippen molar-refractivity contribution >= 4 is 28.0 Å². The molecule has 0 saturated carbocycles. The van der Waals surface area contributed by atoms with Crippen LogP contribution in [0.25, 0.3) is 27.7 Å². The summed E-state index contributed by atoms with van der Waals surface area (Å²) in [6, 6.07) is 17.3. The van der Waals surface area contributed by atoms with Gasteiger partial charge in [-0.05, 0) is 25.1 Å². The Morgan fingerprint density at radius 1 is 1.03 bits per heavy atom. The average Bonchev–Trinajstić information content (AvgIpc) is 3.19. The lowest BCUT2D eigenvalue weighted by Crippen LogP contribution is -2.28. The first-order valence-corrected chi connectivity index (χ1v) is 9.74. The SMILES string of the molecule is C[C@H](c1cc(=O)n2[nH]c(-c3cccc(Cl)c3)cc2n1)n1ncc2ccccc2c1=O. The van der Waals surface area contributed by atoms with E-state index in [2.05, 4.69) is 15.2 Å². The molecule has 0 aliphatic carbocycles. The van der Waals surface area contributed by atoms with Crippen LogP contribution in [-0.4, -0.2) is 24.4 Å². The van der Waals surface area contributed by atoms with Crippen molar-refractivity contribution in [2.24, 2.45) is 0 Å². The number of aromatic nitrogens is 5. The summed E-state index contributed by atoms with van der Waals surface area (Å²) in [4.78, 5) is 30.2. The lowest BCUT2D eigenvalue weighted by molar-refractivity contribution is 0.524. The highest BCUT2D eigenvalue weighted by Gasteiger charge is 2.17. The molecule has 0 spiro atoms. The van der Waals surface area contributed by atoms with Crippen molar-refractivity contribution in [2.75, 3.05) is 0 Å². The van der Waals surface area contributed by atoms with Gasteiger partial charge in [-0.3, -0.25) is 14.7 Å². The standard InChI is InChI=1S/C22H16ClN5O2/c1-13(27-22(30)17-8-3-2-5-15(17)12-24-27)18-11-21(29)28-20(25-18)10-19(26-28)14-6-4-7-16(23)9-14/h2-13,26H,1H3/t13-/m1/s1. The van der Waals surface area contributed by atoms with Crippen LogP contribution in [0.5, 0.6) is 0 Å². The van der Waals surface area contributed by atoms with E-state index in [0.29, 0.717) is 27.4 Å². The van der Waals surface area contributed by atoms with Crippen LogP contribution in [0.2, 0.25) is 5.02 Å². The first-order chi connectivity index (χ1) is 14.5. The molecule has 0 unspecified atom stereocenters. The predicted molar refractivity (Wildman–Crippen MR) is 116 cm³/mol. The van der Waals surface area contributed by atoms with Gasteiger partial charge in [-0.15, -0.1) is 0 Å². The van der Waals surface area contributed by atoms with Crippen LogP contribution in [0.15, 0.2) is 76.4 Å². The fraction of sp³-hybridized carbons (Fsp3) is 0.0909. The molecule has 3 aromatic heterocycles. The van der Waals surface area contributed by atoms with Gasteiger partial charge in [0.1, 0.15) is 0 Å². The lowest BCUT2D eigenvalue weighted by Gasteiger charge is -2.13. The van der Waals surface area contributed by atoms with Crippen molar-refractivity contribution in [3.8, 4) is 11.3 Å². The molecule has 7 nitrogen and oxygen atoms in total. The zero-order valence-electron chi connectivity index (χ0n) is 15.9. The number of rotatable bonds is 3. The predicted octanol–water partition coefficient (Wildman–Crippen LogP) is 3.66. The summed E-state index contributed by atoms with van der Waals surface area (Å²) in [5, 5.41) is 9.28. The monoisotopic (exact) mass is 417 g/mol. The third-order valence-corrected chi connectivity index (χ3v) is 5.36. The largest absolute Gasteiger partial charge is 0.289 e. The molecule has 0 amide bonds. The second kappa shape index (κ2) is 6.96. The smallest absolute Gasteiger partial charge is 0.275 e. The molecule has 5 aromatic rings. The molecule has 0 aliphatic heterocycles. The number of H-pyrrole nitrogens is 1. The van der Waals surface area contributed by atoms with Crippen LogP contribution in [-0.2, 0) is 0 Å². The maximum Gasteiger partial charge on any atom is 0.275 e. The molecular formula is C22H16ClN5O2. The topological polar surface area (TPSA) is 85.0 Å². The van der Waals surface area contributed by atoms with E-state index in [1.165, 1.54) is 15.3 Å². The van der Waals surface area contributed by atoms with Gasteiger partial charge in [0.25, 0.3) is 11.1 Å². The highest BCUT2D eigenvalue weighted by Crippen LogP contribution is 2.22. The van der Waals surface area contributed by atoms with E-state index in [1.807, 2.05) is 30.3 Å². The van der Waals surface area contributed by atoms with Crippen LogP contribution in [0.3, 0.4) is 0 Å². The molecule has 0 fully saturated rings. The van der Waals surface area contributed by atoms with Crippen LogP contribution >= 0.6 is 11.6 Å². The molecule has 0 bridgehead atoms. The van der Waals surface area contributed by atoms with Crippen LogP contribution < -0.4 is 11.1 Å². The molecule has 1 N–H and O–H groups in total. The summed E-state index contributed by atoms with van der Waals surface area (Å²) in [6.45, 7) is 1.80. The van der Waals surface area contributed by atoms with Crippen molar-refractivity contribution in [3.63, 3.8) is 0 Å². The molecule has 0 aliphatic rings. The number of fused-ring (bicyclic) bond motifs is 2. The highest BCUT2D eigenvalue weighted by molar-refractivity contribution is 6.30. The first kappa shape index (κ1) is 18.3. The second-order valence-corrected chi connectivity index (χ2v) is 7.49. The molecule has 148 valence electrons. The number of halogens is 1. The van der Waals surface area contributed by atoms with Crippen molar-refractivity contribution in [1.82, 2.24) is 24.4 Å². The fourth-order valence-corrected chi connectivity index (χ4v) is 3.72. The Balaban J connectivity index is 1.62. The number of nitrogens with one attached hydrogen (secondary N) is 1. The molecule has 1 atom stereocenters. The van der Waals surface area contributed by atoms with Crippen molar-refractivity contribution in [1.29, 1.82) is 0 Å². The summed E-state index contributed by atoms with van der Waals surface area (Å²) < 4.78 is 2.72. The van der Waals surface area contributed by atoms with E-state index in [9.17, 15) is 9.59 Å². The normalized spacial score (nSPS) is 12.5. The van der Waals surface area contributed by atoms with Crippen LogP contribution in [0.1, 0.15) is 18.7 Å². The van der Waals surface area contributed by atoms with Gasteiger partial charge < -0.3 is 0 Å². The van der Waals surface area contributed by atoms with E-state index in [0.717, 1.165) is 10.9 Å². The highest BCUT2D eigenvalue weighted by atomic mass is 35.5. The maximum atomic E-state index is 12.9. The minimum absolute atomic E-state index is 0.226. The molecule has 30 heavy (non-hydrogen) atoms. The minimum Gasteiger partial charge on any atom is -0.289 e. The van der Waals surface area contributed by atoms with E-state index < -0.39 is 6.04 Å². The first-order valence-electron chi connectivity index (χ1n) is 9.36. The molecule has 0 saturated heterocycles. The number of hydrogen-bond donors (Lipinski definition) is 1. The van der Waals surface area contributed by atoms with Gasteiger partial charge in [0.05, 0.1) is 29.0 Å². The zero-order valence-corrected chi connectivity index (χ0v) is 16.7. The van der Waals surface area contributed by atoms with Crippen LogP contribution in [0, 0.1) is 0 Å². The van der Waals surface area contributed by atoms with Crippen molar-refractivity contribution in [2.45, 2.75) is 13.0 Å². The van der Waals surface area contributed by atoms with Gasteiger partial charge in [0.2, 0.25) is 0 Å². The van der Waals surface area contributed by atoms with Crippen molar-refractivity contribution in [3.05, 3.63) is 98.3 Å². The maximum absolute atomic E-state index is 12.9. The third-order valence-electron chi connectivity index (χ3n) is 5.12. The molecule has 3 heterocycles. The Labute approximate surface area is 175 Å². The number of aromatic amines is 1. The molecule has 0 radical (unpaired) electrons. The Bertz CT molecular complexity index is 1530.